The highest BCUT2D eigenvalue weighted by atomic mass is 79.9. The first-order valence-electron chi connectivity index (χ1n) is 4.24. The Balaban J connectivity index is 2.94. The van der Waals surface area contributed by atoms with Gasteiger partial charge in [-0.05, 0) is 18.2 Å². The lowest BCUT2D eigenvalue weighted by Gasteiger charge is -2.11. The summed E-state index contributed by atoms with van der Waals surface area (Å²) in [6.07, 6.45) is -4.69. The molecule has 88 valence electrons. The maximum atomic E-state index is 12.9. The Morgan fingerprint density at radius 2 is 2.00 bits per heavy atom. The lowest BCUT2D eigenvalue weighted by atomic mass is 10.2. The molecule has 0 unspecified atom stereocenters. The van der Waals surface area contributed by atoms with Crippen molar-refractivity contribution < 1.29 is 17.6 Å². The van der Waals surface area contributed by atoms with E-state index in [2.05, 4.69) is 27.8 Å². The molecule has 1 nitrogen and oxygen atoms in total. The van der Waals surface area contributed by atoms with E-state index in [4.69, 9.17) is 0 Å². The summed E-state index contributed by atoms with van der Waals surface area (Å²) in [5.74, 6) is -1.28. The van der Waals surface area contributed by atoms with Crippen LogP contribution in [0.25, 0.3) is 0 Å². The predicted octanol–water partition coefficient (Wildman–Crippen LogP) is 4.17. The van der Waals surface area contributed by atoms with Crippen LogP contribution >= 0.6 is 15.9 Å². The quantitative estimate of drug-likeness (QED) is 0.826. The van der Waals surface area contributed by atoms with Crippen LogP contribution in [0.4, 0.5) is 23.2 Å². The van der Waals surface area contributed by atoms with Crippen molar-refractivity contribution in [2.75, 3.05) is 11.9 Å². The number of nitrogens with one attached hydrogen (secondary N) is 1. The second kappa shape index (κ2) is 4.86. The van der Waals surface area contributed by atoms with Crippen molar-refractivity contribution in [3.8, 4) is 0 Å². The van der Waals surface area contributed by atoms with E-state index in [9.17, 15) is 17.6 Å². The molecule has 0 heterocycles. The molecule has 0 spiro atoms. The SMILES string of the molecule is C=C(Br)CNc1ccc(F)c(C(F)(F)F)c1. The monoisotopic (exact) mass is 297 g/mol. The summed E-state index contributed by atoms with van der Waals surface area (Å²) in [6, 6.07) is 2.74. The lowest BCUT2D eigenvalue weighted by Crippen LogP contribution is -2.09. The minimum absolute atomic E-state index is 0.189. The Kier molecular flexibility index (Phi) is 3.96. The number of alkyl halides is 3. The van der Waals surface area contributed by atoms with Crippen molar-refractivity contribution in [2.24, 2.45) is 0 Å². The van der Waals surface area contributed by atoms with Crippen LogP contribution in [0.2, 0.25) is 0 Å². The van der Waals surface area contributed by atoms with E-state index in [1.165, 1.54) is 6.07 Å². The minimum atomic E-state index is -4.69. The van der Waals surface area contributed by atoms with Crippen LogP contribution in [0, 0.1) is 5.82 Å². The molecule has 0 saturated carbocycles. The lowest BCUT2D eigenvalue weighted by molar-refractivity contribution is -0.139. The standard InChI is InChI=1S/C10H8BrF4N/c1-6(11)5-16-7-2-3-9(12)8(4-7)10(13,14)15/h2-4,16H,1,5H2. The van der Waals surface area contributed by atoms with Crippen molar-refractivity contribution in [1.82, 2.24) is 0 Å². The molecule has 0 fully saturated rings. The molecule has 0 saturated heterocycles. The summed E-state index contributed by atoms with van der Waals surface area (Å²) in [6.45, 7) is 3.78. The molecule has 0 radical (unpaired) electrons. The molecule has 1 aromatic rings. The Labute approximate surface area is 98.3 Å². The highest BCUT2D eigenvalue weighted by molar-refractivity contribution is 9.11. The second-order valence-corrected chi connectivity index (χ2v) is 4.18. The maximum absolute atomic E-state index is 12.9. The smallest absolute Gasteiger partial charge is 0.380 e. The molecule has 16 heavy (non-hydrogen) atoms. The minimum Gasteiger partial charge on any atom is -0.380 e. The van der Waals surface area contributed by atoms with Gasteiger partial charge in [0.1, 0.15) is 5.82 Å². The first-order chi connectivity index (χ1) is 7.30. The van der Waals surface area contributed by atoms with E-state index in [1.54, 1.807) is 0 Å². The zero-order valence-corrected chi connectivity index (χ0v) is 9.62. The van der Waals surface area contributed by atoms with E-state index in [0.717, 1.165) is 12.1 Å². The first kappa shape index (κ1) is 13.0. The van der Waals surface area contributed by atoms with Gasteiger partial charge in [-0.2, -0.15) is 13.2 Å². The van der Waals surface area contributed by atoms with Gasteiger partial charge in [0.25, 0.3) is 0 Å². The van der Waals surface area contributed by atoms with E-state index in [-0.39, 0.29) is 12.2 Å². The van der Waals surface area contributed by atoms with Gasteiger partial charge < -0.3 is 5.32 Å². The van der Waals surface area contributed by atoms with Gasteiger partial charge in [0.15, 0.2) is 0 Å². The topological polar surface area (TPSA) is 12.0 Å². The maximum Gasteiger partial charge on any atom is 0.419 e. The molecule has 0 aliphatic heterocycles. The summed E-state index contributed by atoms with van der Waals surface area (Å²) in [4.78, 5) is 0. The van der Waals surface area contributed by atoms with E-state index < -0.39 is 17.6 Å². The largest absolute Gasteiger partial charge is 0.419 e. The molecular weight excluding hydrogens is 290 g/mol. The van der Waals surface area contributed by atoms with Crippen LogP contribution in [0.15, 0.2) is 29.3 Å². The van der Waals surface area contributed by atoms with Crippen LogP contribution in [0.3, 0.4) is 0 Å². The summed E-state index contributed by atoms with van der Waals surface area (Å²) >= 11 is 3.05. The molecule has 0 aliphatic rings. The molecule has 1 aromatic carbocycles. The Morgan fingerprint density at radius 1 is 1.38 bits per heavy atom. The van der Waals surface area contributed by atoms with E-state index >= 15 is 0 Å². The van der Waals surface area contributed by atoms with Crippen molar-refractivity contribution in [3.05, 3.63) is 40.6 Å². The summed E-state index contributed by atoms with van der Waals surface area (Å²) in [5.41, 5.74) is -1.09. The van der Waals surface area contributed by atoms with E-state index in [0.29, 0.717) is 4.48 Å². The molecule has 0 amide bonds. The van der Waals surface area contributed by atoms with Crippen LogP contribution in [0.5, 0.6) is 0 Å². The highest BCUT2D eigenvalue weighted by Gasteiger charge is 2.34. The molecule has 0 bridgehead atoms. The van der Waals surface area contributed by atoms with Gasteiger partial charge >= 0.3 is 6.18 Å². The van der Waals surface area contributed by atoms with Crippen molar-refractivity contribution >= 4 is 21.6 Å². The summed E-state index contributed by atoms with van der Waals surface area (Å²) in [7, 11) is 0. The zero-order chi connectivity index (χ0) is 12.3. The predicted molar refractivity (Wildman–Crippen MR) is 58.0 cm³/mol. The summed E-state index contributed by atoms with van der Waals surface area (Å²) < 4.78 is 50.5. The normalized spacial score (nSPS) is 11.3. The van der Waals surface area contributed by atoms with Crippen molar-refractivity contribution in [3.63, 3.8) is 0 Å². The first-order valence-corrected chi connectivity index (χ1v) is 5.04. The second-order valence-electron chi connectivity index (χ2n) is 3.06. The molecule has 0 aliphatic carbocycles. The number of anilines is 1. The van der Waals surface area contributed by atoms with E-state index in [1.807, 2.05) is 0 Å². The number of hydrogen-bond acceptors (Lipinski definition) is 1. The Morgan fingerprint density at radius 3 is 2.50 bits per heavy atom. The summed E-state index contributed by atoms with van der Waals surface area (Å²) in [5, 5.41) is 2.67. The average molecular weight is 298 g/mol. The third-order valence-corrected chi connectivity index (χ3v) is 2.04. The van der Waals surface area contributed by atoms with Gasteiger partial charge in [0, 0.05) is 16.7 Å². The fourth-order valence-corrected chi connectivity index (χ4v) is 1.19. The third-order valence-electron chi connectivity index (χ3n) is 1.76. The molecule has 1 N–H and O–H groups in total. The van der Waals surface area contributed by atoms with Crippen LogP contribution < -0.4 is 5.32 Å². The highest BCUT2D eigenvalue weighted by Crippen LogP contribution is 2.32. The Hall–Kier alpha value is -1.04. The van der Waals surface area contributed by atoms with Gasteiger partial charge in [-0.3, -0.25) is 0 Å². The number of benzene rings is 1. The van der Waals surface area contributed by atoms with Gasteiger partial charge in [-0.15, -0.1) is 0 Å². The van der Waals surface area contributed by atoms with Gasteiger partial charge in [-0.25, -0.2) is 4.39 Å². The fourth-order valence-electron chi connectivity index (χ4n) is 1.05. The Bertz CT molecular complexity index is 400. The molecule has 0 aromatic heterocycles. The van der Waals surface area contributed by atoms with Crippen LogP contribution in [-0.4, -0.2) is 6.54 Å². The molecule has 0 atom stereocenters. The third kappa shape index (κ3) is 3.52. The molecule has 1 rings (SSSR count). The zero-order valence-electron chi connectivity index (χ0n) is 8.04. The number of rotatable bonds is 3. The van der Waals surface area contributed by atoms with Gasteiger partial charge in [0.05, 0.1) is 5.56 Å². The molecule has 6 heteroatoms. The fraction of sp³-hybridized carbons (Fsp3) is 0.200. The van der Waals surface area contributed by atoms with Gasteiger partial charge in [0.2, 0.25) is 0 Å². The van der Waals surface area contributed by atoms with Crippen molar-refractivity contribution in [1.29, 1.82) is 0 Å². The van der Waals surface area contributed by atoms with Crippen LogP contribution in [0.1, 0.15) is 5.56 Å². The van der Waals surface area contributed by atoms with Gasteiger partial charge in [-0.1, -0.05) is 22.5 Å². The number of halogens is 5. The average Bonchev–Trinajstić information content (AvgIpc) is 2.14. The number of hydrogen-bond donors (Lipinski definition) is 1. The van der Waals surface area contributed by atoms with Crippen LogP contribution in [-0.2, 0) is 6.18 Å². The molecular formula is C10H8BrF4N. The van der Waals surface area contributed by atoms with Crippen molar-refractivity contribution in [2.45, 2.75) is 6.18 Å².